The van der Waals surface area contributed by atoms with Crippen LogP contribution in [0.1, 0.15) is 24.8 Å². The molecule has 1 aliphatic heterocycles. The van der Waals surface area contributed by atoms with Crippen molar-refractivity contribution < 1.29 is 4.79 Å². The Balaban J connectivity index is 1.84. The average Bonchev–Trinajstić information content (AvgIpc) is 2.53. The van der Waals surface area contributed by atoms with Gasteiger partial charge in [-0.1, -0.05) is 42.5 Å². The number of nitrogens with two attached hydrogens (primary N) is 1. The zero-order valence-corrected chi connectivity index (χ0v) is 14.0. The van der Waals surface area contributed by atoms with Gasteiger partial charge in [0.1, 0.15) is 0 Å². The number of carbonyl (C=O) groups is 1. The van der Waals surface area contributed by atoms with Gasteiger partial charge in [0, 0.05) is 19.5 Å². The smallest absolute Gasteiger partial charge is 0.222 e. The summed E-state index contributed by atoms with van der Waals surface area (Å²) in [6.45, 7) is 1.51. The lowest BCUT2D eigenvalue weighted by Crippen LogP contribution is -2.50. The summed E-state index contributed by atoms with van der Waals surface area (Å²) in [5.41, 5.74) is 7.09. The van der Waals surface area contributed by atoms with Crippen LogP contribution in [0.5, 0.6) is 0 Å². The predicted octanol–water partition coefficient (Wildman–Crippen LogP) is 2.63. The normalized spacial score (nSPS) is 17.5. The van der Waals surface area contributed by atoms with Crippen LogP contribution in [0.15, 0.2) is 30.3 Å². The van der Waals surface area contributed by atoms with Crippen molar-refractivity contribution in [2.24, 2.45) is 5.73 Å². The molecule has 1 aromatic carbocycles. The zero-order chi connectivity index (χ0) is 15.3. The molecule has 1 heterocycles. The van der Waals surface area contributed by atoms with Crippen LogP contribution in [0.3, 0.4) is 0 Å². The SMILES string of the molecule is CSC1(C(N)=S)CCN(C(=O)CCc2ccccc2)CC1. The van der Waals surface area contributed by atoms with Gasteiger partial charge in [0.25, 0.3) is 0 Å². The highest BCUT2D eigenvalue weighted by atomic mass is 32.2. The number of benzene rings is 1. The summed E-state index contributed by atoms with van der Waals surface area (Å²) < 4.78 is -0.120. The van der Waals surface area contributed by atoms with Crippen LogP contribution in [0.2, 0.25) is 0 Å². The topological polar surface area (TPSA) is 46.3 Å². The largest absolute Gasteiger partial charge is 0.392 e. The molecule has 0 spiro atoms. The molecule has 1 amide bonds. The molecular formula is C16H22N2OS2. The van der Waals surface area contributed by atoms with E-state index in [9.17, 15) is 4.79 Å². The average molecular weight is 322 g/mol. The molecule has 3 nitrogen and oxygen atoms in total. The molecule has 0 atom stereocenters. The lowest BCUT2D eigenvalue weighted by atomic mass is 9.95. The fourth-order valence-corrected chi connectivity index (χ4v) is 3.97. The van der Waals surface area contributed by atoms with Crippen molar-refractivity contribution in [2.75, 3.05) is 19.3 Å². The first-order valence-corrected chi connectivity index (χ1v) is 8.87. The summed E-state index contributed by atoms with van der Waals surface area (Å²) in [6.07, 6.45) is 5.15. The summed E-state index contributed by atoms with van der Waals surface area (Å²) in [4.78, 5) is 14.8. The molecule has 0 radical (unpaired) electrons. The Labute approximate surface area is 136 Å². The first kappa shape index (κ1) is 16.3. The van der Waals surface area contributed by atoms with E-state index in [0.29, 0.717) is 11.4 Å². The first-order valence-electron chi connectivity index (χ1n) is 7.24. The third kappa shape index (κ3) is 3.98. The van der Waals surface area contributed by atoms with Crippen molar-refractivity contribution in [1.29, 1.82) is 0 Å². The molecule has 0 saturated carbocycles. The monoisotopic (exact) mass is 322 g/mol. The minimum absolute atomic E-state index is 0.120. The van der Waals surface area contributed by atoms with Crippen LogP contribution in [0, 0.1) is 0 Å². The number of aryl methyl sites for hydroxylation is 1. The van der Waals surface area contributed by atoms with Gasteiger partial charge in [0.2, 0.25) is 5.91 Å². The van der Waals surface area contributed by atoms with E-state index in [-0.39, 0.29) is 10.7 Å². The molecular weight excluding hydrogens is 300 g/mol. The molecule has 0 bridgehead atoms. The molecule has 1 aliphatic rings. The number of amides is 1. The summed E-state index contributed by atoms with van der Waals surface area (Å²) >= 11 is 6.92. The Hall–Kier alpha value is -1.07. The van der Waals surface area contributed by atoms with E-state index < -0.39 is 0 Å². The maximum absolute atomic E-state index is 12.3. The van der Waals surface area contributed by atoms with Crippen molar-refractivity contribution in [2.45, 2.75) is 30.4 Å². The molecule has 0 unspecified atom stereocenters. The van der Waals surface area contributed by atoms with E-state index in [4.69, 9.17) is 18.0 Å². The van der Waals surface area contributed by atoms with Gasteiger partial charge in [-0.2, -0.15) is 11.8 Å². The fourth-order valence-electron chi connectivity index (χ4n) is 2.72. The van der Waals surface area contributed by atoms with E-state index in [1.54, 1.807) is 11.8 Å². The highest BCUT2D eigenvalue weighted by molar-refractivity contribution is 8.02. The molecule has 0 aliphatic carbocycles. The number of carbonyl (C=O) groups excluding carboxylic acids is 1. The summed E-state index contributed by atoms with van der Waals surface area (Å²) in [5.74, 6) is 0.233. The van der Waals surface area contributed by atoms with Crippen LogP contribution in [0.25, 0.3) is 0 Å². The second-order valence-corrected chi connectivity index (χ2v) is 7.06. The second-order valence-electron chi connectivity index (χ2n) is 5.43. The third-order valence-corrected chi connectivity index (χ3v) is 6.16. The van der Waals surface area contributed by atoms with E-state index >= 15 is 0 Å². The van der Waals surface area contributed by atoms with Crippen molar-refractivity contribution in [1.82, 2.24) is 4.90 Å². The van der Waals surface area contributed by atoms with Crippen LogP contribution < -0.4 is 5.73 Å². The van der Waals surface area contributed by atoms with Gasteiger partial charge in [-0.15, -0.1) is 0 Å². The standard InChI is InChI=1S/C16H22N2OS2/c1-21-16(15(17)20)9-11-18(12-10-16)14(19)8-7-13-5-3-2-4-6-13/h2-6H,7-12H2,1H3,(H2,17,20). The Bertz CT molecular complexity index is 496. The Morgan fingerprint density at radius 2 is 1.95 bits per heavy atom. The lowest BCUT2D eigenvalue weighted by Gasteiger charge is -2.40. The maximum atomic E-state index is 12.3. The number of rotatable bonds is 5. The van der Waals surface area contributed by atoms with Gasteiger partial charge >= 0.3 is 0 Å². The number of hydrogen-bond acceptors (Lipinski definition) is 3. The molecule has 2 N–H and O–H groups in total. The minimum atomic E-state index is -0.120. The lowest BCUT2D eigenvalue weighted by molar-refractivity contribution is -0.132. The molecule has 114 valence electrons. The van der Waals surface area contributed by atoms with E-state index in [0.717, 1.165) is 32.4 Å². The Morgan fingerprint density at radius 1 is 1.33 bits per heavy atom. The van der Waals surface area contributed by atoms with Gasteiger partial charge in [-0.3, -0.25) is 4.79 Å². The zero-order valence-electron chi connectivity index (χ0n) is 12.4. The van der Waals surface area contributed by atoms with Gasteiger partial charge in [0.15, 0.2) is 0 Å². The highest BCUT2D eigenvalue weighted by Gasteiger charge is 2.37. The fraction of sp³-hybridized carbons (Fsp3) is 0.500. The predicted molar refractivity (Wildman–Crippen MR) is 93.6 cm³/mol. The maximum Gasteiger partial charge on any atom is 0.222 e. The highest BCUT2D eigenvalue weighted by Crippen LogP contribution is 2.35. The van der Waals surface area contributed by atoms with Crippen molar-refractivity contribution in [3.63, 3.8) is 0 Å². The molecule has 1 aromatic rings. The molecule has 2 rings (SSSR count). The number of hydrogen-bond donors (Lipinski definition) is 1. The van der Waals surface area contributed by atoms with Crippen molar-refractivity contribution in [3.8, 4) is 0 Å². The number of nitrogens with zero attached hydrogens (tertiary/aromatic N) is 1. The van der Waals surface area contributed by atoms with Gasteiger partial charge < -0.3 is 10.6 Å². The van der Waals surface area contributed by atoms with E-state index in [2.05, 4.69) is 12.1 Å². The van der Waals surface area contributed by atoms with Crippen LogP contribution in [-0.2, 0) is 11.2 Å². The minimum Gasteiger partial charge on any atom is -0.392 e. The van der Waals surface area contributed by atoms with Gasteiger partial charge in [0.05, 0.1) is 9.74 Å². The Kier molecular flexibility index (Phi) is 5.65. The van der Waals surface area contributed by atoms with Crippen molar-refractivity contribution in [3.05, 3.63) is 35.9 Å². The second kappa shape index (κ2) is 7.27. The van der Waals surface area contributed by atoms with Crippen molar-refractivity contribution >= 4 is 34.9 Å². The van der Waals surface area contributed by atoms with Gasteiger partial charge in [-0.25, -0.2) is 0 Å². The number of likely N-dealkylation sites (tertiary alicyclic amines) is 1. The van der Waals surface area contributed by atoms with E-state index in [1.807, 2.05) is 29.4 Å². The van der Waals surface area contributed by atoms with Crippen LogP contribution >= 0.6 is 24.0 Å². The summed E-state index contributed by atoms with van der Waals surface area (Å²) in [7, 11) is 0. The third-order valence-electron chi connectivity index (χ3n) is 4.23. The van der Waals surface area contributed by atoms with Crippen LogP contribution in [-0.4, -0.2) is 39.9 Å². The quantitative estimate of drug-likeness (QED) is 0.847. The number of thioether (sulfide) groups is 1. The number of piperidine rings is 1. The first-order chi connectivity index (χ1) is 10.1. The summed E-state index contributed by atoms with van der Waals surface area (Å²) in [6, 6.07) is 10.1. The number of thiocarbonyl (C=S) groups is 1. The molecule has 1 fully saturated rings. The summed E-state index contributed by atoms with van der Waals surface area (Å²) in [5, 5.41) is 0. The van der Waals surface area contributed by atoms with Gasteiger partial charge in [-0.05, 0) is 31.1 Å². The molecule has 0 aromatic heterocycles. The van der Waals surface area contributed by atoms with Crippen LogP contribution in [0.4, 0.5) is 0 Å². The Morgan fingerprint density at radius 3 is 2.48 bits per heavy atom. The molecule has 1 saturated heterocycles. The molecule has 5 heteroatoms. The molecule has 21 heavy (non-hydrogen) atoms. The van der Waals surface area contributed by atoms with E-state index in [1.165, 1.54) is 5.56 Å².